The van der Waals surface area contributed by atoms with E-state index in [1.54, 1.807) is 19.1 Å². The normalized spacial score (nSPS) is 13.4. The Balaban J connectivity index is 2.85. The maximum Gasteiger partial charge on any atom is 0.240 e. The molecule has 0 unspecified atom stereocenters. The van der Waals surface area contributed by atoms with Crippen molar-refractivity contribution in [2.45, 2.75) is 24.8 Å². The molecule has 0 radical (unpaired) electrons. The smallest absolute Gasteiger partial charge is 0.240 e. The Morgan fingerprint density at radius 2 is 1.94 bits per heavy atom. The number of benzene rings is 1. The number of ether oxygens (including phenoxy) is 1. The summed E-state index contributed by atoms with van der Waals surface area (Å²) in [6, 6.07) is 6.00. The molecule has 0 heterocycles. The molecule has 96 valence electrons. The van der Waals surface area contributed by atoms with E-state index in [4.69, 9.17) is 10.5 Å². The van der Waals surface area contributed by atoms with Crippen molar-refractivity contribution in [1.82, 2.24) is 4.72 Å². The molecule has 1 aromatic rings. The first kappa shape index (κ1) is 14.0. The van der Waals surface area contributed by atoms with E-state index in [1.807, 2.05) is 6.92 Å². The summed E-state index contributed by atoms with van der Waals surface area (Å²) in [7, 11) is -3.49. The zero-order valence-corrected chi connectivity index (χ0v) is 10.8. The fourth-order valence-electron chi connectivity index (χ4n) is 1.26. The van der Waals surface area contributed by atoms with Crippen LogP contribution in [0.5, 0.6) is 5.75 Å². The molecule has 3 N–H and O–H groups in total. The molecule has 0 aliphatic rings. The van der Waals surface area contributed by atoms with Gasteiger partial charge in [-0.2, -0.15) is 0 Å². The van der Waals surface area contributed by atoms with Gasteiger partial charge in [-0.05, 0) is 38.1 Å². The minimum atomic E-state index is -3.49. The van der Waals surface area contributed by atoms with Gasteiger partial charge in [0.05, 0.1) is 11.5 Å². The van der Waals surface area contributed by atoms with Gasteiger partial charge in [0.15, 0.2) is 0 Å². The third kappa shape index (κ3) is 3.99. The molecule has 0 aromatic heterocycles. The van der Waals surface area contributed by atoms with E-state index in [1.165, 1.54) is 12.1 Å². The molecule has 0 bridgehead atoms. The molecule has 0 amide bonds. The summed E-state index contributed by atoms with van der Waals surface area (Å²) in [5, 5.41) is 0. The second-order valence-corrected chi connectivity index (χ2v) is 5.38. The molecule has 1 atom stereocenters. The topological polar surface area (TPSA) is 81.4 Å². The fraction of sp³-hybridized carbons (Fsp3) is 0.455. The van der Waals surface area contributed by atoms with Gasteiger partial charge in [-0.1, -0.05) is 0 Å². The molecule has 1 aromatic carbocycles. The SMILES string of the molecule is CCOc1ccc(S(=O)(=O)N[C@@H](C)CN)cc1. The van der Waals surface area contributed by atoms with Crippen LogP contribution in [0.25, 0.3) is 0 Å². The van der Waals surface area contributed by atoms with Crippen molar-refractivity contribution in [2.24, 2.45) is 5.73 Å². The van der Waals surface area contributed by atoms with Crippen LogP contribution >= 0.6 is 0 Å². The predicted molar refractivity (Wildman–Crippen MR) is 66.4 cm³/mol. The quantitative estimate of drug-likeness (QED) is 0.787. The van der Waals surface area contributed by atoms with Gasteiger partial charge in [0, 0.05) is 12.6 Å². The molecule has 6 heteroatoms. The van der Waals surface area contributed by atoms with Gasteiger partial charge in [-0.15, -0.1) is 0 Å². The molecule has 0 spiro atoms. The fourth-order valence-corrected chi connectivity index (χ4v) is 2.52. The lowest BCUT2D eigenvalue weighted by atomic mass is 10.3. The molecule has 5 nitrogen and oxygen atoms in total. The van der Waals surface area contributed by atoms with E-state index < -0.39 is 10.0 Å². The lowest BCUT2D eigenvalue weighted by Gasteiger charge is -2.12. The second kappa shape index (κ2) is 6.00. The Labute approximate surface area is 102 Å². The van der Waals surface area contributed by atoms with Crippen molar-refractivity contribution < 1.29 is 13.2 Å². The van der Waals surface area contributed by atoms with Crippen LogP contribution < -0.4 is 15.2 Å². The summed E-state index contributed by atoms with van der Waals surface area (Å²) in [5.41, 5.74) is 5.37. The summed E-state index contributed by atoms with van der Waals surface area (Å²) in [6.07, 6.45) is 0. The van der Waals surface area contributed by atoms with E-state index >= 15 is 0 Å². The molecular formula is C11H18N2O3S. The standard InChI is InChI=1S/C11H18N2O3S/c1-3-16-10-4-6-11(7-5-10)17(14,15)13-9(2)8-12/h4-7,9,13H,3,8,12H2,1-2H3/t9-/m0/s1. The summed E-state index contributed by atoms with van der Waals surface area (Å²) in [5.74, 6) is 0.651. The Morgan fingerprint density at radius 3 is 2.41 bits per heavy atom. The summed E-state index contributed by atoms with van der Waals surface area (Å²) in [6.45, 7) is 4.39. The summed E-state index contributed by atoms with van der Waals surface area (Å²) >= 11 is 0. The maximum absolute atomic E-state index is 11.9. The summed E-state index contributed by atoms with van der Waals surface area (Å²) < 4.78 is 31.4. The average Bonchev–Trinajstić information content (AvgIpc) is 2.29. The molecular weight excluding hydrogens is 240 g/mol. The van der Waals surface area contributed by atoms with Crippen LogP contribution in [0.3, 0.4) is 0 Å². The maximum atomic E-state index is 11.9. The second-order valence-electron chi connectivity index (χ2n) is 3.66. The first-order valence-electron chi connectivity index (χ1n) is 5.45. The summed E-state index contributed by atoms with van der Waals surface area (Å²) in [4.78, 5) is 0.209. The van der Waals surface area contributed by atoms with Crippen molar-refractivity contribution in [3.05, 3.63) is 24.3 Å². The number of nitrogens with one attached hydrogen (secondary N) is 1. The molecule has 0 saturated heterocycles. The monoisotopic (exact) mass is 258 g/mol. The molecule has 0 fully saturated rings. The van der Waals surface area contributed by atoms with Crippen LogP contribution in [-0.4, -0.2) is 27.6 Å². The molecule has 0 aliphatic carbocycles. The lowest BCUT2D eigenvalue weighted by molar-refractivity contribution is 0.340. The number of rotatable bonds is 6. The third-order valence-corrected chi connectivity index (χ3v) is 3.76. The first-order valence-corrected chi connectivity index (χ1v) is 6.93. The number of sulfonamides is 1. The van der Waals surface area contributed by atoms with Crippen molar-refractivity contribution >= 4 is 10.0 Å². The van der Waals surface area contributed by atoms with Gasteiger partial charge in [0.2, 0.25) is 10.0 Å². The highest BCUT2D eigenvalue weighted by Gasteiger charge is 2.16. The van der Waals surface area contributed by atoms with E-state index in [-0.39, 0.29) is 17.5 Å². The number of hydrogen-bond donors (Lipinski definition) is 2. The predicted octanol–water partition coefficient (Wildman–Crippen LogP) is 0.711. The Kier molecular flexibility index (Phi) is 4.92. The van der Waals surface area contributed by atoms with Gasteiger partial charge in [0.1, 0.15) is 5.75 Å². The minimum Gasteiger partial charge on any atom is -0.494 e. The highest BCUT2D eigenvalue weighted by atomic mass is 32.2. The van der Waals surface area contributed by atoms with Crippen LogP contribution in [0.1, 0.15) is 13.8 Å². The van der Waals surface area contributed by atoms with Crippen LogP contribution in [-0.2, 0) is 10.0 Å². The van der Waals surface area contributed by atoms with Crippen LogP contribution in [0.2, 0.25) is 0 Å². The van der Waals surface area contributed by atoms with E-state index in [0.717, 1.165) is 0 Å². The van der Waals surface area contributed by atoms with Crippen molar-refractivity contribution in [3.63, 3.8) is 0 Å². The minimum absolute atomic E-state index is 0.209. The molecule has 0 aliphatic heterocycles. The first-order chi connectivity index (χ1) is 7.99. The zero-order chi connectivity index (χ0) is 12.9. The van der Waals surface area contributed by atoms with Gasteiger partial charge >= 0.3 is 0 Å². The van der Waals surface area contributed by atoms with E-state index in [9.17, 15) is 8.42 Å². The van der Waals surface area contributed by atoms with Gasteiger partial charge < -0.3 is 10.5 Å². The van der Waals surface area contributed by atoms with Gasteiger partial charge in [0.25, 0.3) is 0 Å². The van der Waals surface area contributed by atoms with Crippen LogP contribution in [0.15, 0.2) is 29.2 Å². The molecule has 0 saturated carbocycles. The largest absolute Gasteiger partial charge is 0.494 e. The number of nitrogens with two attached hydrogens (primary N) is 1. The van der Waals surface area contributed by atoms with E-state index in [0.29, 0.717) is 12.4 Å². The van der Waals surface area contributed by atoms with Crippen molar-refractivity contribution in [1.29, 1.82) is 0 Å². The average molecular weight is 258 g/mol. The highest BCUT2D eigenvalue weighted by molar-refractivity contribution is 7.89. The zero-order valence-electron chi connectivity index (χ0n) is 10.0. The van der Waals surface area contributed by atoms with Crippen LogP contribution in [0.4, 0.5) is 0 Å². The van der Waals surface area contributed by atoms with Crippen molar-refractivity contribution in [2.75, 3.05) is 13.2 Å². The highest BCUT2D eigenvalue weighted by Crippen LogP contribution is 2.15. The van der Waals surface area contributed by atoms with Crippen LogP contribution in [0, 0.1) is 0 Å². The number of hydrogen-bond acceptors (Lipinski definition) is 4. The Bertz CT molecular complexity index is 442. The molecule has 1 rings (SSSR count). The van der Waals surface area contributed by atoms with E-state index in [2.05, 4.69) is 4.72 Å². The third-order valence-electron chi connectivity index (χ3n) is 2.15. The molecule has 17 heavy (non-hydrogen) atoms. The van der Waals surface area contributed by atoms with Crippen molar-refractivity contribution in [3.8, 4) is 5.75 Å². The Morgan fingerprint density at radius 1 is 1.35 bits per heavy atom. The Hall–Kier alpha value is -1.11. The lowest BCUT2D eigenvalue weighted by Crippen LogP contribution is -2.37. The van der Waals surface area contributed by atoms with Gasteiger partial charge in [-0.25, -0.2) is 13.1 Å². The van der Waals surface area contributed by atoms with Gasteiger partial charge in [-0.3, -0.25) is 0 Å².